The fraction of sp³-hybridized carbons (Fsp3) is 0.467. The molecule has 9 nitrogen and oxygen atoms in total. The van der Waals surface area contributed by atoms with E-state index in [2.05, 4.69) is 10.1 Å². The summed E-state index contributed by atoms with van der Waals surface area (Å²) in [5.41, 5.74) is 0. The van der Waals surface area contributed by atoms with Crippen LogP contribution in [0.15, 0.2) is 27.6 Å². The Hall–Kier alpha value is -2.17. The van der Waals surface area contributed by atoms with E-state index in [-0.39, 0.29) is 36.1 Å². The number of sulfonamides is 1. The van der Waals surface area contributed by atoms with Crippen molar-refractivity contribution in [2.24, 2.45) is 0 Å². The van der Waals surface area contributed by atoms with Crippen LogP contribution >= 0.6 is 0 Å². The van der Waals surface area contributed by atoms with Crippen LogP contribution in [-0.4, -0.2) is 53.8 Å². The van der Waals surface area contributed by atoms with Gasteiger partial charge in [0.1, 0.15) is 24.2 Å². The molecule has 25 heavy (non-hydrogen) atoms. The number of ether oxygens (including phenoxy) is 2. The average molecular weight is 367 g/mol. The highest BCUT2D eigenvalue weighted by atomic mass is 32.2. The van der Waals surface area contributed by atoms with Gasteiger partial charge in [-0.05, 0) is 19.1 Å². The van der Waals surface area contributed by atoms with Crippen LogP contribution in [0.2, 0.25) is 0 Å². The van der Waals surface area contributed by atoms with E-state index in [1.165, 1.54) is 10.4 Å². The molecule has 0 bridgehead atoms. The van der Waals surface area contributed by atoms with Crippen molar-refractivity contribution in [3.8, 4) is 11.5 Å². The Kier molecular flexibility index (Phi) is 3.89. The maximum Gasteiger partial charge on any atom is 0.247 e. The number of aryl methyl sites for hydroxylation is 1. The third-order valence-electron chi connectivity index (χ3n) is 4.18. The lowest BCUT2D eigenvalue weighted by molar-refractivity contribution is 0.166. The normalized spacial score (nSPS) is 23.8. The number of aliphatic hydroxyl groups is 1. The van der Waals surface area contributed by atoms with E-state index in [0.717, 1.165) is 0 Å². The van der Waals surface area contributed by atoms with Crippen LogP contribution < -0.4 is 9.47 Å². The van der Waals surface area contributed by atoms with E-state index >= 15 is 0 Å². The van der Waals surface area contributed by atoms with E-state index < -0.39 is 22.2 Å². The van der Waals surface area contributed by atoms with Crippen LogP contribution in [0.25, 0.3) is 0 Å². The molecule has 0 radical (unpaired) electrons. The lowest BCUT2D eigenvalue weighted by Crippen LogP contribution is -2.33. The molecule has 0 spiro atoms. The highest BCUT2D eigenvalue weighted by molar-refractivity contribution is 7.89. The van der Waals surface area contributed by atoms with Gasteiger partial charge in [0, 0.05) is 13.0 Å². The highest BCUT2D eigenvalue weighted by Crippen LogP contribution is 2.42. The van der Waals surface area contributed by atoms with E-state index in [0.29, 0.717) is 18.2 Å². The van der Waals surface area contributed by atoms with Crippen LogP contribution in [0.1, 0.15) is 24.2 Å². The molecule has 1 aromatic carbocycles. The number of aliphatic hydroxyl groups excluding tert-OH is 1. The minimum Gasteiger partial charge on any atom is -0.486 e. The molecular formula is C15H17N3O6S. The van der Waals surface area contributed by atoms with Crippen molar-refractivity contribution < 1.29 is 27.5 Å². The first-order valence-corrected chi connectivity index (χ1v) is 9.29. The van der Waals surface area contributed by atoms with Crippen molar-refractivity contribution in [2.45, 2.75) is 30.4 Å². The molecule has 2 aliphatic heterocycles. The molecule has 1 saturated heterocycles. The largest absolute Gasteiger partial charge is 0.486 e. The van der Waals surface area contributed by atoms with Crippen LogP contribution in [0, 0.1) is 6.92 Å². The number of hydrogen-bond acceptors (Lipinski definition) is 8. The Morgan fingerprint density at radius 3 is 2.84 bits per heavy atom. The minimum absolute atomic E-state index is 0.0000345. The molecule has 3 heterocycles. The van der Waals surface area contributed by atoms with Gasteiger partial charge in [0.25, 0.3) is 0 Å². The van der Waals surface area contributed by atoms with Gasteiger partial charge in [0.15, 0.2) is 17.3 Å². The summed E-state index contributed by atoms with van der Waals surface area (Å²) in [6, 6.07) is 4.00. The van der Waals surface area contributed by atoms with Crippen LogP contribution in [0.5, 0.6) is 11.5 Å². The van der Waals surface area contributed by atoms with Gasteiger partial charge in [-0.15, -0.1) is 0 Å². The molecule has 4 rings (SSSR count). The number of para-hydroxylation sites is 1. The van der Waals surface area contributed by atoms with Gasteiger partial charge in [0.2, 0.25) is 15.9 Å². The van der Waals surface area contributed by atoms with Gasteiger partial charge < -0.3 is 19.1 Å². The van der Waals surface area contributed by atoms with Crippen molar-refractivity contribution in [2.75, 3.05) is 19.8 Å². The number of β-amino-alcohol motifs (C(OH)–C–C–N with tert-alkyl or cyclic N) is 1. The van der Waals surface area contributed by atoms with Gasteiger partial charge in [-0.3, -0.25) is 0 Å². The molecule has 1 N–H and O–H groups in total. The summed E-state index contributed by atoms with van der Waals surface area (Å²) in [5.74, 6) is 1.15. The lowest BCUT2D eigenvalue weighted by Gasteiger charge is -2.25. The SMILES string of the molecule is Cc1noc([C@H]2C[C@H](O)CN2S(=O)(=O)c2cccc3c2OCCO3)n1. The number of fused-ring (bicyclic) bond motifs is 1. The van der Waals surface area contributed by atoms with Gasteiger partial charge in [-0.2, -0.15) is 9.29 Å². The Morgan fingerprint density at radius 2 is 2.08 bits per heavy atom. The standard InChI is InChI=1S/C15H17N3O6S/c1-9-16-15(24-17-9)11-7-10(19)8-18(11)25(20,21)13-4-2-3-12-14(13)23-6-5-22-12/h2-4,10-11,19H,5-8H2,1H3/t10-,11+/m0/s1. The number of nitrogens with zero attached hydrogens (tertiary/aromatic N) is 3. The summed E-state index contributed by atoms with van der Waals surface area (Å²) >= 11 is 0. The van der Waals surface area contributed by atoms with Crippen LogP contribution in [0.3, 0.4) is 0 Å². The predicted molar refractivity (Wildman–Crippen MR) is 83.7 cm³/mol. The van der Waals surface area contributed by atoms with Crippen molar-refractivity contribution in [3.05, 3.63) is 29.9 Å². The Morgan fingerprint density at radius 1 is 1.28 bits per heavy atom. The van der Waals surface area contributed by atoms with Crippen molar-refractivity contribution in [1.29, 1.82) is 0 Å². The first kappa shape index (κ1) is 16.3. The van der Waals surface area contributed by atoms with E-state index in [4.69, 9.17) is 14.0 Å². The molecule has 2 aliphatic rings. The first-order valence-electron chi connectivity index (χ1n) is 7.85. The number of benzene rings is 1. The molecule has 2 atom stereocenters. The van der Waals surface area contributed by atoms with Crippen LogP contribution in [-0.2, 0) is 10.0 Å². The Balaban J connectivity index is 1.77. The molecule has 10 heteroatoms. The molecule has 1 fully saturated rings. The zero-order chi connectivity index (χ0) is 17.6. The fourth-order valence-electron chi connectivity index (χ4n) is 3.10. The second-order valence-corrected chi connectivity index (χ2v) is 7.80. The highest BCUT2D eigenvalue weighted by Gasteiger charge is 2.44. The Bertz CT molecular complexity index is 896. The van der Waals surface area contributed by atoms with E-state index in [1.54, 1.807) is 19.1 Å². The molecule has 0 unspecified atom stereocenters. The van der Waals surface area contributed by atoms with Gasteiger partial charge in [-0.25, -0.2) is 8.42 Å². The topological polar surface area (TPSA) is 115 Å². The average Bonchev–Trinajstić information content (AvgIpc) is 3.20. The molecular weight excluding hydrogens is 350 g/mol. The summed E-state index contributed by atoms with van der Waals surface area (Å²) in [5, 5.41) is 13.7. The summed E-state index contributed by atoms with van der Waals surface area (Å²) in [4.78, 5) is 4.12. The lowest BCUT2D eigenvalue weighted by atomic mass is 10.2. The summed E-state index contributed by atoms with van der Waals surface area (Å²) < 4.78 is 43.8. The molecule has 2 aromatic rings. The molecule has 134 valence electrons. The molecule has 0 amide bonds. The fourth-order valence-corrected chi connectivity index (χ4v) is 4.88. The third-order valence-corrected chi connectivity index (χ3v) is 6.08. The second-order valence-electron chi connectivity index (χ2n) is 5.94. The quantitative estimate of drug-likeness (QED) is 0.841. The summed E-state index contributed by atoms with van der Waals surface area (Å²) in [6.07, 6.45) is -0.628. The summed E-state index contributed by atoms with van der Waals surface area (Å²) in [7, 11) is -3.96. The third kappa shape index (κ3) is 2.75. The monoisotopic (exact) mass is 367 g/mol. The van der Waals surface area contributed by atoms with Crippen LogP contribution in [0.4, 0.5) is 0 Å². The van der Waals surface area contributed by atoms with Gasteiger partial charge in [0.05, 0.1) is 6.10 Å². The zero-order valence-corrected chi connectivity index (χ0v) is 14.3. The van der Waals surface area contributed by atoms with Crippen molar-refractivity contribution in [1.82, 2.24) is 14.4 Å². The molecule has 0 aliphatic carbocycles. The Labute approximate surface area is 144 Å². The van der Waals surface area contributed by atoms with Crippen molar-refractivity contribution in [3.63, 3.8) is 0 Å². The number of hydrogen-bond donors (Lipinski definition) is 1. The minimum atomic E-state index is -3.96. The number of aromatic nitrogens is 2. The van der Waals surface area contributed by atoms with E-state index in [1.807, 2.05) is 0 Å². The molecule has 0 saturated carbocycles. The maximum absolute atomic E-state index is 13.2. The van der Waals surface area contributed by atoms with E-state index in [9.17, 15) is 13.5 Å². The smallest absolute Gasteiger partial charge is 0.247 e. The number of rotatable bonds is 3. The predicted octanol–water partition coefficient (Wildman–Crippen LogP) is 0.646. The van der Waals surface area contributed by atoms with Gasteiger partial charge in [-0.1, -0.05) is 11.2 Å². The van der Waals surface area contributed by atoms with Crippen molar-refractivity contribution >= 4 is 10.0 Å². The second kappa shape index (κ2) is 5.97. The molecule has 1 aromatic heterocycles. The van der Waals surface area contributed by atoms with Gasteiger partial charge >= 0.3 is 0 Å². The first-order chi connectivity index (χ1) is 12.0. The maximum atomic E-state index is 13.2. The zero-order valence-electron chi connectivity index (χ0n) is 13.5. The summed E-state index contributed by atoms with van der Waals surface area (Å²) in [6.45, 7) is 2.23.